The second kappa shape index (κ2) is 8.57. The monoisotopic (exact) mass is 408 g/mol. The molecule has 1 saturated heterocycles. The third kappa shape index (κ3) is 4.17. The summed E-state index contributed by atoms with van der Waals surface area (Å²) in [6.45, 7) is 5.70. The van der Waals surface area contributed by atoms with Crippen LogP contribution in [0.1, 0.15) is 47.7 Å². The van der Waals surface area contributed by atoms with Gasteiger partial charge in [-0.15, -0.1) is 0 Å². The fraction of sp³-hybridized carbons (Fsp3) is 0.435. The maximum atomic E-state index is 12.8. The molecule has 0 spiro atoms. The number of aromatic amines is 1. The van der Waals surface area contributed by atoms with Crippen LogP contribution in [0, 0.1) is 13.8 Å². The standard InChI is InChI=1S/C23H28N4OS/c1-15-18(16(2)26-23(25-15)29-3)8-9-22(28)27-12-10-17(11-13-27)20-14-24-21-7-5-4-6-19(20)21/h4-7,14,17,24H,8-13H2,1-3H3. The van der Waals surface area contributed by atoms with E-state index in [9.17, 15) is 4.79 Å². The lowest BCUT2D eigenvalue weighted by Crippen LogP contribution is -2.38. The quantitative estimate of drug-likeness (QED) is 0.494. The number of piperidine rings is 1. The number of carbonyl (C=O) groups is 1. The predicted octanol–water partition coefficient (Wildman–Crippen LogP) is 4.64. The van der Waals surface area contributed by atoms with E-state index < -0.39 is 0 Å². The molecule has 0 atom stereocenters. The van der Waals surface area contributed by atoms with Gasteiger partial charge >= 0.3 is 0 Å². The van der Waals surface area contributed by atoms with E-state index in [4.69, 9.17) is 0 Å². The molecule has 6 heteroatoms. The fourth-order valence-electron chi connectivity index (χ4n) is 4.42. The molecule has 5 nitrogen and oxygen atoms in total. The van der Waals surface area contributed by atoms with E-state index in [2.05, 4.69) is 45.4 Å². The summed E-state index contributed by atoms with van der Waals surface area (Å²) in [5.74, 6) is 0.766. The lowest BCUT2D eigenvalue weighted by atomic mass is 9.89. The minimum atomic E-state index is 0.245. The molecule has 1 N–H and O–H groups in total. The highest BCUT2D eigenvalue weighted by Gasteiger charge is 2.25. The maximum absolute atomic E-state index is 12.8. The molecule has 0 bridgehead atoms. The Morgan fingerprint density at radius 2 is 1.86 bits per heavy atom. The van der Waals surface area contributed by atoms with Crippen LogP contribution in [0.5, 0.6) is 0 Å². The van der Waals surface area contributed by atoms with E-state index in [-0.39, 0.29) is 5.91 Å². The van der Waals surface area contributed by atoms with Crippen LogP contribution in [0.2, 0.25) is 0 Å². The number of benzene rings is 1. The molecule has 152 valence electrons. The average molecular weight is 409 g/mol. The topological polar surface area (TPSA) is 61.9 Å². The van der Waals surface area contributed by atoms with Gasteiger partial charge in [0.15, 0.2) is 5.16 Å². The van der Waals surface area contributed by atoms with E-state index in [1.54, 1.807) is 11.8 Å². The number of likely N-dealkylation sites (tertiary alicyclic amines) is 1. The lowest BCUT2D eigenvalue weighted by molar-refractivity contribution is -0.132. The van der Waals surface area contributed by atoms with Gasteiger partial charge in [-0.05, 0) is 62.5 Å². The normalized spacial score (nSPS) is 15.2. The summed E-state index contributed by atoms with van der Waals surface area (Å²) in [5, 5.41) is 2.12. The van der Waals surface area contributed by atoms with E-state index in [0.29, 0.717) is 18.8 Å². The lowest BCUT2D eigenvalue weighted by Gasteiger charge is -2.32. The Bertz CT molecular complexity index is 998. The molecule has 2 aromatic heterocycles. The zero-order chi connectivity index (χ0) is 20.4. The minimum Gasteiger partial charge on any atom is -0.361 e. The summed E-state index contributed by atoms with van der Waals surface area (Å²) < 4.78 is 0. The summed E-state index contributed by atoms with van der Waals surface area (Å²) in [7, 11) is 0. The number of carbonyl (C=O) groups excluding carboxylic acids is 1. The first-order valence-electron chi connectivity index (χ1n) is 10.3. The van der Waals surface area contributed by atoms with Crippen molar-refractivity contribution in [3.05, 3.63) is 53.0 Å². The molecule has 1 fully saturated rings. The van der Waals surface area contributed by atoms with Gasteiger partial charge in [0, 0.05) is 48.0 Å². The fourth-order valence-corrected chi connectivity index (χ4v) is 4.88. The molecule has 0 unspecified atom stereocenters. The molecular formula is C23H28N4OS. The highest BCUT2D eigenvalue weighted by atomic mass is 32.2. The number of nitrogens with one attached hydrogen (secondary N) is 1. The molecule has 0 saturated carbocycles. The number of thioether (sulfide) groups is 1. The molecule has 0 aliphatic carbocycles. The first-order chi connectivity index (χ1) is 14.1. The van der Waals surface area contributed by atoms with Gasteiger partial charge < -0.3 is 9.88 Å². The minimum absolute atomic E-state index is 0.245. The van der Waals surface area contributed by atoms with Gasteiger partial charge in [0.2, 0.25) is 5.91 Å². The van der Waals surface area contributed by atoms with Crippen LogP contribution in [0.15, 0.2) is 35.6 Å². The van der Waals surface area contributed by atoms with Gasteiger partial charge in [-0.2, -0.15) is 0 Å². The van der Waals surface area contributed by atoms with Gasteiger partial charge in [0.1, 0.15) is 0 Å². The molecule has 3 heterocycles. The van der Waals surface area contributed by atoms with Crippen molar-refractivity contribution in [2.45, 2.75) is 50.6 Å². The van der Waals surface area contributed by atoms with Crippen LogP contribution in [-0.4, -0.2) is 45.1 Å². The van der Waals surface area contributed by atoms with Crippen LogP contribution < -0.4 is 0 Å². The van der Waals surface area contributed by atoms with Crippen LogP contribution in [-0.2, 0) is 11.2 Å². The molecule has 1 aliphatic rings. The summed E-state index contributed by atoms with van der Waals surface area (Å²) in [6, 6.07) is 8.47. The summed E-state index contributed by atoms with van der Waals surface area (Å²) in [4.78, 5) is 27.3. The Kier molecular flexibility index (Phi) is 5.90. The maximum Gasteiger partial charge on any atom is 0.222 e. The molecule has 3 aromatic rings. The van der Waals surface area contributed by atoms with E-state index in [1.165, 1.54) is 16.5 Å². The van der Waals surface area contributed by atoms with Crippen molar-refractivity contribution in [1.82, 2.24) is 19.9 Å². The molecule has 1 aromatic carbocycles. The SMILES string of the molecule is CSc1nc(C)c(CCC(=O)N2CCC(c3c[nH]c4ccccc34)CC2)c(C)n1. The zero-order valence-corrected chi connectivity index (χ0v) is 18.2. The van der Waals surface area contributed by atoms with Crippen molar-refractivity contribution in [1.29, 1.82) is 0 Å². The van der Waals surface area contributed by atoms with Crippen LogP contribution in [0.25, 0.3) is 10.9 Å². The number of hydrogen-bond donors (Lipinski definition) is 1. The molecule has 1 amide bonds. The van der Waals surface area contributed by atoms with Crippen molar-refractivity contribution in [2.24, 2.45) is 0 Å². The van der Waals surface area contributed by atoms with Crippen molar-refractivity contribution >= 4 is 28.6 Å². The molecule has 29 heavy (non-hydrogen) atoms. The number of aromatic nitrogens is 3. The largest absolute Gasteiger partial charge is 0.361 e. The summed E-state index contributed by atoms with van der Waals surface area (Å²) in [6.07, 6.45) is 7.43. The second-order valence-corrected chi connectivity index (χ2v) is 8.58. The highest BCUT2D eigenvalue weighted by Crippen LogP contribution is 2.33. The third-order valence-electron chi connectivity index (χ3n) is 6.08. The van der Waals surface area contributed by atoms with E-state index in [0.717, 1.165) is 48.0 Å². The van der Waals surface area contributed by atoms with Crippen LogP contribution >= 0.6 is 11.8 Å². The van der Waals surface area contributed by atoms with Gasteiger partial charge in [0.05, 0.1) is 0 Å². The first-order valence-corrected chi connectivity index (χ1v) is 11.5. The Hall–Kier alpha value is -2.34. The molecule has 4 rings (SSSR count). The van der Waals surface area contributed by atoms with Crippen molar-refractivity contribution < 1.29 is 4.79 Å². The van der Waals surface area contributed by atoms with Gasteiger partial charge in [-0.1, -0.05) is 30.0 Å². The van der Waals surface area contributed by atoms with Gasteiger partial charge in [-0.3, -0.25) is 4.79 Å². The van der Waals surface area contributed by atoms with Crippen molar-refractivity contribution in [2.75, 3.05) is 19.3 Å². The summed E-state index contributed by atoms with van der Waals surface area (Å²) >= 11 is 1.55. The van der Waals surface area contributed by atoms with E-state index in [1.807, 2.05) is 25.0 Å². The third-order valence-corrected chi connectivity index (χ3v) is 6.63. The number of nitrogens with zero attached hydrogens (tertiary/aromatic N) is 3. The van der Waals surface area contributed by atoms with Gasteiger partial charge in [0.25, 0.3) is 0 Å². The van der Waals surface area contributed by atoms with Crippen LogP contribution in [0.4, 0.5) is 0 Å². The number of rotatable bonds is 5. The number of H-pyrrole nitrogens is 1. The summed E-state index contributed by atoms with van der Waals surface area (Å²) in [5.41, 5.74) is 5.69. The number of hydrogen-bond acceptors (Lipinski definition) is 4. The number of para-hydroxylation sites is 1. The smallest absolute Gasteiger partial charge is 0.222 e. The average Bonchev–Trinajstić information content (AvgIpc) is 3.17. The zero-order valence-electron chi connectivity index (χ0n) is 17.4. The van der Waals surface area contributed by atoms with Crippen molar-refractivity contribution in [3.63, 3.8) is 0 Å². The Morgan fingerprint density at radius 1 is 1.17 bits per heavy atom. The number of fused-ring (bicyclic) bond motifs is 1. The molecule has 1 aliphatic heterocycles. The van der Waals surface area contributed by atoms with E-state index >= 15 is 0 Å². The number of aryl methyl sites for hydroxylation is 2. The first kappa shape index (κ1) is 20.0. The molecular weight excluding hydrogens is 380 g/mol. The Morgan fingerprint density at radius 3 is 2.55 bits per heavy atom. The molecule has 0 radical (unpaired) electrons. The van der Waals surface area contributed by atoms with Gasteiger partial charge in [-0.25, -0.2) is 9.97 Å². The second-order valence-electron chi connectivity index (χ2n) is 7.80. The van der Waals surface area contributed by atoms with Crippen molar-refractivity contribution in [3.8, 4) is 0 Å². The number of amides is 1. The highest BCUT2D eigenvalue weighted by molar-refractivity contribution is 7.98. The van der Waals surface area contributed by atoms with Crippen LogP contribution in [0.3, 0.4) is 0 Å². The Labute approximate surface area is 176 Å². The Balaban J connectivity index is 1.35. The predicted molar refractivity (Wildman–Crippen MR) is 118 cm³/mol.